The van der Waals surface area contributed by atoms with Crippen LogP contribution in [0.25, 0.3) is 0 Å². The summed E-state index contributed by atoms with van der Waals surface area (Å²) in [6, 6.07) is 0.902. The molecule has 1 fully saturated rings. The van der Waals surface area contributed by atoms with Crippen LogP contribution in [0.4, 0.5) is 0 Å². The van der Waals surface area contributed by atoms with Gasteiger partial charge in [-0.2, -0.15) is 0 Å². The van der Waals surface area contributed by atoms with Gasteiger partial charge in [0.2, 0.25) is 0 Å². The first-order chi connectivity index (χ1) is 4.97. The van der Waals surface area contributed by atoms with Crippen molar-refractivity contribution in [3.63, 3.8) is 0 Å². The number of allylic oxidation sites excluding steroid dienone is 1. The molecule has 0 aromatic carbocycles. The summed E-state index contributed by atoms with van der Waals surface area (Å²) in [5, 5.41) is 0. The van der Waals surface area contributed by atoms with Crippen molar-refractivity contribution in [1.29, 1.82) is 0 Å². The van der Waals surface area contributed by atoms with Crippen LogP contribution in [0.1, 0.15) is 32.1 Å². The molecule has 0 spiro atoms. The molecular weight excluding hydrogens is 122 g/mol. The van der Waals surface area contributed by atoms with E-state index in [4.69, 9.17) is 0 Å². The number of piperidine rings is 1. The van der Waals surface area contributed by atoms with Gasteiger partial charge in [-0.25, -0.2) is 0 Å². The third kappa shape index (κ3) is 1.05. The summed E-state index contributed by atoms with van der Waals surface area (Å²) in [4.78, 5) is 2.52. The fourth-order valence-corrected chi connectivity index (χ4v) is 2.03. The lowest BCUT2D eigenvalue weighted by Gasteiger charge is -2.37. The van der Waals surface area contributed by atoms with Crippen molar-refractivity contribution in [2.24, 2.45) is 0 Å². The highest BCUT2D eigenvalue weighted by Crippen LogP contribution is 2.24. The van der Waals surface area contributed by atoms with Gasteiger partial charge in [-0.3, -0.25) is 0 Å². The van der Waals surface area contributed by atoms with Gasteiger partial charge < -0.3 is 4.90 Å². The highest BCUT2D eigenvalue weighted by molar-refractivity contribution is 4.94. The molecule has 0 radical (unpaired) electrons. The lowest BCUT2D eigenvalue weighted by Crippen LogP contribution is -2.36. The Morgan fingerprint density at radius 1 is 1.20 bits per heavy atom. The molecule has 1 saturated heterocycles. The molecule has 1 nitrogen and oxygen atoms in total. The van der Waals surface area contributed by atoms with Gasteiger partial charge in [0.1, 0.15) is 0 Å². The number of hydrogen-bond acceptors (Lipinski definition) is 1. The first-order valence-electron chi connectivity index (χ1n) is 4.39. The minimum absolute atomic E-state index is 0.902. The van der Waals surface area contributed by atoms with Gasteiger partial charge in [-0.1, -0.05) is 6.08 Å². The van der Waals surface area contributed by atoms with Crippen molar-refractivity contribution in [2.45, 2.75) is 38.1 Å². The van der Waals surface area contributed by atoms with Crippen molar-refractivity contribution < 1.29 is 0 Å². The molecule has 2 heterocycles. The summed E-state index contributed by atoms with van der Waals surface area (Å²) in [7, 11) is 0. The van der Waals surface area contributed by atoms with E-state index in [1.165, 1.54) is 38.6 Å². The van der Waals surface area contributed by atoms with Crippen molar-refractivity contribution in [3.05, 3.63) is 12.3 Å². The van der Waals surface area contributed by atoms with Crippen LogP contribution in [0.3, 0.4) is 0 Å². The quantitative estimate of drug-likeness (QED) is 0.494. The number of hydrogen-bond donors (Lipinski definition) is 0. The molecule has 2 rings (SSSR count). The maximum Gasteiger partial charge on any atom is 0.0287 e. The van der Waals surface area contributed by atoms with Crippen molar-refractivity contribution in [3.8, 4) is 0 Å². The molecule has 0 aliphatic carbocycles. The Hall–Kier alpha value is -0.460. The Labute approximate surface area is 62.7 Å². The average Bonchev–Trinajstić information content (AvgIpc) is 2.05. The van der Waals surface area contributed by atoms with Crippen molar-refractivity contribution in [2.75, 3.05) is 6.54 Å². The monoisotopic (exact) mass is 137 g/mol. The molecule has 1 atom stereocenters. The zero-order chi connectivity index (χ0) is 6.81. The SMILES string of the molecule is C1=CN2CCCCC2CC1. The normalized spacial score (nSPS) is 32.0. The summed E-state index contributed by atoms with van der Waals surface area (Å²) < 4.78 is 0. The fraction of sp³-hybridized carbons (Fsp3) is 0.778. The largest absolute Gasteiger partial charge is 0.375 e. The van der Waals surface area contributed by atoms with E-state index in [1.54, 1.807) is 0 Å². The molecule has 2 aliphatic rings. The van der Waals surface area contributed by atoms with E-state index in [0.717, 1.165) is 6.04 Å². The van der Waals surface area contributed by atoms with Crippen LogP contribution < -0.4 is 0 Å². The maximum absolute atomic E-state index is 2.52. The van der Waals surface area contributed by atoms with E-state index >= 15 is 0 Å². The van der Waals surface area contributed by atoms with Crippen LogP contribution in [-0.2, 0) is 0 Å². The molecule has 2 aliphatic heterocycles. The van der Waals surface area contributed by atoms with E-state index < -0.39 is 0 Å². The zero-order valence-corrected chi connectivity index (χ0v) is 6.42. The van der Waals surface area contributed by atoms with Crippen LogP contribution >= 0.6 is 0 Å². The number of nitrogens with zero attached hydrogens (tertiary/aromatic N) is 1. The van der Waals surface area contributed by atoms with Crippen LogP contribution in [0, 0.1) is 0 Å². The molecule has 10 heavy (non-hydrogen) atoms. The standard InChI is InChI=1S/C9H15N/c1-3-7-10-8-4-2-6-9(10)5-1/h3,7,9H,1-2,4-6,8H2. The number of rotatable bonds is 0. The maximum atomic E-state index is 2.52. The summed E-state index contributed by atoms with van der Waals surface area (Å²) in [6.45, 7) is 1.31. The first kappa shape index (κ1) is 6.26. The predicted molar refractivity (Wildman–Crippen MR) is 42.7 cm³/mol. The van der Waals surface area contributed by atoms with E-state index in [2.05, 4.69) is 17.2 Å². The highest BCUT2D eigenvalue weighted by atomic mass is 15.1. The minimum Gasteiger partial charge on any atom is -0.375 e. The van der Waals surface area contributed by atoms with Crippen LogP contribution in [0.2, 0.25) is 0 Å². The van der Waals surface area contributed by atoms with Crippen LogP contribution in [0.15, 0.2) is 12.3 Å². The predicted octanol–water partition coefficient (Wildman–Crippen LogP) is 2.15. The molecule has 0 aromatic heterocycles. The molecule has 0 amide bonds. The Morgan fingerprint density at radius 3 is 3.10 bits per heavy atom. The lowest BCUT2D eigenvalue weighted by atomic mass is 9.96. The second-order valence-electron chi connectivity index (χ2n) is 3.35. The molecule has 0 N–H and O–H groups in total. The van der Waals surface area contributed by atoms with E-state index in [0.29, 0.717) is 0 Å². The van der Waals surface area contributed by atoms with E-state index in [1.807, 2.05) is 0 Å². The minimum atomic E-state index is 0.902. The fourth-order valence-electron chi connectivity index (χ4n) is 2.03. The van der Waals surface area contributed by atoms with Gasteiger partial charge in [-0.05, 0) is 38.3 Å². The third-order valence-corrected chi connectivity index (χ3v) is 2.64. The molecular formula is C9H15N. The zero-order valence-electron chi connectivity index (χ0n) is 6.42. The summed E-state index contributed by atoms with van der Waals surface area (Å²) in [5.41, 5.74) is 0. The van der Waals surface area contributed by atoms with Gasteiger partial charge >= 0.3 is 0 Å². The Morgan fingerprint density at radius 2 is 2.20 bits per heavy atom. The second kappa shape index (κ2) is 2.65. The van der Waals surface area contributed by atoms with Gasteiger partial charge in [0.15, 0.2) is 0 Å². The Bertz CT molecular complexity index is 140. The summed E-state index contributed by atoms with van der Waals surface area (Å²) in [5.74, 6) is 0. The van der Waals surface area contributed by atoms with Gasteiger partial charge in [0.05, 0.1) is 0 Å². The first-order valence-corrected chi connectivity index (χ1v) is 4.39. The number of fused-ring (bicyclic) bond motifs is 1. The van der Waals surface area contributed by atoms with E-state index in [9.17, 15) is 0 Å². The van der Waals surface area contributed by atoms with Crippen molar-refractivity contribution in [1.82, 2.24) is 4.90 Å². The van der Waals surface area contributed by atoms with Gasteiger partial charge in [0, 0.05) is 12.6 Å². The Balaban J connectivity index is 2.03. The van der Waals surface area contributed by atoms with Crippen LogP contribution in [-0.4, -0.2) is 17.5 Å². The van der Waals surface area contributed by atoms with E-state index in [-0.39, 0.29) is 0 Å². The molecule has 0 saturated carbocycles. The van der Waals surface area contributed by atoms with Gasteiger partial charge in [-0.15, -0.1) is 0 Å². The van der Waals surface area contributed by atoms with Gasteiger partial charge in [0.25, 0.3) is 0 Å². The van der Waals surface area contributed by atoms with Crippen LogP contribution in [0.5, 0.6) is 0 Å². The lowest BCUT2D eigenvalue weighted by molar-refractivity contribution is 0.193. The summed E-state index contributed by atoms with van der Waals surface area (Å²) in [6.07, 6.45) is 11.6. The second-order valence-corrected chi connectivity index (χ2v) is 3.35. The topological polar surface area (TPSA) is 3.24 Å². The Kier molecular flexibility index (Phi) is 1.66. The molecule has 1 unspecified atom stereocenters. The average molecular weight is 137 g/mol. The molecule has 1 heteroatoms. The molecule has 0 bridgehead atoms. The third-order valence-electron chi connectivity index (χ3n) is 2.64. The highest BCUT2D eigenvalue weighted by Gasteiger charge is 2.20. The van der Waals surface area contributed by atoms with Crippen molar-refractivity contribution >= 4 is 0 Å². The molecule has 56 valence electrons. The summed E-state index contributed by atoms with van der Waals surface area (Å²) >= 11 is 0. The smallest absolute Gasteiger partial charge is 0.0287 e. The molecule has 0 aromatic rings.